The van der Waals surface area contributed by atoms with E-state index in [-0.39, 0.29) is 24.0 Å². The maximum Gasteiger partial charge on any atom is 0.401 e. The lowest BCUT2D eigenvalue weighted by Gasteiger charge is -2.39. The van der Waals surface area contributed by atoms with Gasteiger partial charge in [-0.3, -0.25) is 14.8 Å². The van der Waals surface area contributed by atoms with E-state index in [4.69, 9.17) is 4.74 Å². The maximum absolute atomic E-state index is 12.4. The standard InChI is InChI=1S/C19H38F3N5O.HI/c1-5-16(6-2)17(27-10-12-28-13-11-27)14-25-18(23-3)24-8-7-9-26(4)15-19(20,21)22;/h16-17H,5-15H2,1-4H3,(H2,23,24,25);1H. The van der Waals surface area contributed by atoms with Crippen LogP contribution >= 0.6 is 24.0 Å². The fourth-order valence-electron chi connectivity index (χ4n) is 3.70. The Labute approximate surface area is 191 Å². The van der Waals surface area contributed by atoms with Crippen LogP contribution < -0.4 is 10.6 Å². The fourth-order valence-corrected chi connectivity index (χ4v) is 3.70. The van der Waals surface area contributed by atoms with Crippen LogP contribution in [-0.2, 0) is 4.74 Å². The van der Waals surface area contributed by atoms with Crippen LogP contribution in [-0.4, -0.2) is 94.6 Å². The normalized spacial score (nSPS) is 17.3. The molecule has 0 aromatic rings. The molecule has 6 nitrogen and oxygen atoms in total. The van der Waals surface area contributed by atoms with Gasteiger partial charge in [0.25, 0.3) is 0 Å². The molecule has 1 unspecified atom stereocenters. The second-order valence-electron chi connectivity index (χ2n) is 7.38. The predicted molar refractivity (Wildman–Crippen MR) is 123 cm³/mol. The minimum Gasteiger partial charge on any atom is -0.379 e. The molecular weight excluding hydrogens is 498 g/mol. The Morgan fingerprint density at radius 2 is 1.79 bits per heavy atom. The molecular formula is C19H39F3IN5O. The Kier molecular flexibility index (Phi) is 15.3. The van der Waals surface area contributed by atoms with E-state index in [1.54, 1.807) is 7.05 Å². The Hall–Kier alpha value is -0.330. The Morgan fingerprint density at radius 3 is 2.31 bits per heavy atom. The first kappa shape index (κ1) is 28.7. The molecule has 29 heavy (non-hydrogen) atoms. The zero-order valence-electron chi connectivity index (χ0n) is 18.2. The van der Waals surface area contributed by atoms with Crippen molar-refractivity contribution in [2.45, 2.75) is 45.3 Å². The second-order valence-corrected chi connectivity index (χ2v) is 7.38. The summed E-state index contributed by atoms with van der Waals surface area (Å²) >= 11 is 0. The van der Waals surface area contributed by atoms with Crippen LogP contribution in [0.25, 0.3) is 0 Å². The van der Waals surface area contributed by atoms with Crippen molar-refractivity contribution in [3.8, 4) is 0 Å². The number of nitrogens with zero attached hydrogens (tertiary/aromatic N) is 3. The molecule has 10 heteroatoms. The average molecular weight is 537 g/mol. The molecule has 0 amide bonds. The number of hydrogen-bond acceptors (Lipinski definition) is 4. The van der Waals surface area contributed by atoms with E-state index >= 15 is 0 Å². The first-order valence-electron chi connectivity index (χ1n) is 10.3. The molecule has 1 heterocycles. The molecule has 1 saturated heterocycles. The molecule has 174 valence electrons. The number of aliphatic imine (C=N–C) groups is 1. The van der Waals surface area contributed by atoms with Gasteiger partial charge in [0, 0.05) is 39.3 Å². The molecule has 0 spiro atoms. The summed E-state index contributed by atoms with van der Waals surface area (Å²) in [6.07, 6.45) is -1.29. The van der Waals surface area contributed by atoms with Crippen molar-refractivity contribution >= 4 is 29.9 Å². The molecule has 2 N–H and O–H groups in total. The lowest BCUT2D eigenvalue weighted by Crippen LogP contribution is -2.53. The number of alkyl halides is 3. The molecule has 1 aliphatic heterocycles. The summed E-state index contributed by atoms with van der Waals surface area (Å²) in [6.45, 7) is 8.77. The zero-order chi connectivity index (χ0) is 21.0. The monoisotopic (exact) mass is 537 g/mol. The lowest BCUT2D eigenvalue weighted by atomic mass is 9.92. The summed E-state index contributed by atoms with van der Waals surface area (Å²) in [6, 6.07) is 0.412. The van der Waals surface area contributed by atoms with Crippen LogP contribution in [0.3, 0.4) is 0 Å². The van der Waals surface area contributed by atoms with Crippen molar-refractivity contribution in [2.24, 2.45) is 10.9 Å². The minimum absolute atomic E-state index is 0. The van der Waals surface area contributed by atoms with Crippen LogP contribution in [0.4, 0.5) is 13.2 Å². The summed E-state index contributed by atoms with van der Waals surface area (Å²) in [7, 11) is 3.20. The highest BCUT2D eigenvalue weighted by molar-refractivity contribution is 14.0. The van der Waals surface area contributed by atoms with Crippen LogP contribution in [0.5, 0.6) is 0 Å². The molecule has 0 aromatic carbocycles. The minimum atomic E-state index is -4.15. The number of morpholine rings is 1. The number of halogens is 4. The largest absolute Gasteiger partial charge is 0.401 e. The van der Waals surface area contributed by atoms with Gasteiger partial charge in [0.2, 0.25) is 0 Å². The number of ether oxygens (including phenoxy) is 1. The van der Waals surface area contributed by atoms with Gasteiger partial charge in [0.1, 0.15) is 0 Å². The van der Waals surface area contributed by atoms with Crippen LogP contribution in [0.2, 0.25) is 0 Å². The van der Waals surface area contributed by atoms with Crippen molar-refractivity contribution in [3.63, 3.8) is 0 Å². The Morgan fingerprint density at radius 1 is 1.17 bits per heavy atom. The molecule has 1 aliphatic rings. The smallest absolute Gasteiger partial charge is 0.379 e. The molecule has 0 radical (unpaired) electrons. The predicted octanol–water partition coefficient (Wildman–Crippen LogP) is 2.79. The zero-order valence-corrected chi connectivity index (χ0v) is 20.6. The SMILES string of the molecule is CCC(CC)C(CNC(=NC)NCCCN(C)CC(F)(F)F)N1CCOCC1.I. The number of nitrogens with one attached hydrogen (secondary N) is 2. The maximum atomic E-state index is 12.4. The second kappa shape index (κ2) is 15.5. The van der Waals surface area contributed by atoms with Gasteiger partial charge >= 0.3 is 6.18 Å². The molecule has 0 bridgehead atoms. The van der Waals surface area contributed by atoms with Crippen molar-refractivity contribution in [2.75, 3.05) is 66.6 Å². The Bertz CT molecular complexity index is 444. The first-order valence-corrected chi connectivity index (χ1v) is 10.3. The highest BCUT2D eigenvalue weighted by Crippen LogP contribution is 2.19. The molecule has 1 atom stereocenters. The topological polar surface area (TPSA) is 52.1 Å². The number of rotatable bonds is 11. The third-order valence-electron chi connectivity index (χ3n) is 5.27. The van der Waals surface area contributed by atoms with E-state index in [0.717, 1.165) is 45.7 Å². The van der Waals surface area contributed by atoms with E-state index in [0.29, 0.717) is 37.4 Å². The van der Waals surface area contributed by atoms with Crippen LogP contribution in [0.15, 0.2) is 4.99 Å². The van der Waals surface area contributed by atoms with Gasteiger partial charge in [-0.05, 0) is 25.9 Å². The van der Waals surface area contributed by atoms with E-state index in [2.05, 4.69) is 34.4 Å². The molecule has 1 fully saturated rings. The van der Waals surface area contributed by atoms with E-state index in [1.165, 1.54) is 11.9 Å². The van der Waals surface area contributed by atoms with Gasteiger partial charge in [-0.1, -0.05) is 26.7 Å². The van der Waals surface area contributed by atoms with E-state index in [1.807, 2.05) is 0 Å². The molecule has 1 rings (SSSR count). The highest BCUT2D eigenvalue weighted by Gasteiger charge is 2.29. The van der Waals surface area contributed by atoms with Gasteiger partial charge < -0.3 is 15.4 Å². The third kappa shape index (κ3) is 12.2. The summed E-state index contributed by atoms with van der Waals surface area (Å²) < 4.78 is 42.5. The Balaban J connectivity index is 0.00000784. The summed E-state index contributed by atoms with van der Waals surface area (Å²) in [5.74, 6) is 1.29. The highest BCUT2D eigenvalue weighted by atomic mass is 127. The summed E-state index contributed by atoms with van der Waals surface area (Å²) in [4.78, 5) is 8.03. The van der Waals surface area contributed by atoms with E-state index < -0.39 is 12.7 Å². The van der Waals surface area contributed by atoms with Gasteiger partial charge in [0.05, 0.1) is 19.8 Å². The van der Waals surface area contributed by atoms with Gasteiger partial charge in [-0.2, -0.15) is 13.2 Å². The van der Waals surface area contributed by atoms with Gasteiger partial charge in [-0.15, -0.1) is 24.0 Å². The van der Waals surface area contributed by atoms with E-state index in [9.17, 15) is 13.2 Å². The van der Waals surface area contributed by atoms with Crippen molar-refractivity contribution in [1.82, 2.24) is 20.4 Å². The fraction of sp³-hybridized carbons (Fsp3) is 0.947. The quantitative estimate of drug-likeness (QED) is 0.184. The molecule has 0 aromatic heterocycles. The number of hydrogen-bond donors (Lipinski definition) is 2. The van der Waals surface area contributed by atoms with Gasteiger partial charge in [-0.25, -0.2) is 0 Å². The summed E-state index contributed by atoms with van der Waals surface area (Å²) in [5.41, 5.74) is 0. The van der Waals surface area contributed by atoms with Crippen molar-refractivity contribution in [1.29, 1.82) is 0 Å². The van der Waals surface area contributed by atoms with Crippen LogP contribution in [0.1, 0.15) is 33.1 Å². The molecule has 0 saturated carbocycles. The van der Waals surface area contributed by atoms with Crippen LogP contribution in [0, 0.1) is 5.92 Å². The first-order chi connectivity index (χ1) is 13.3. The lowest BCUT2D eigenvalue weighted by molar-refractivity contribution is -0.143. The third-order valence-corrected chi connectivity index (χ3v) is 5.27. The average Bonchev–Trinajstić information content (AvgIpc) is 2.65. The summed E-state index contributed by atoms with van der Waals surface area (Å²) in [5, 5.41) is 6.61. The number of guanidine groups is 1. The molecule has 0 aliphatic carbocycles. The van der Waals surface area contributed by atoms with Crippen molar-refractivity contribution in [3.05, 3.63) is 0 Å². The van der Waals surface area contributed by atoms with Gasteiger partial charge in [0.15, 0.2) is 5.96 Å². The van der Waals surface area contributed by atoms with Crippen molar-refractivity contribution < 1.29 is 17.9 Å².